The summed E-state index contributed by atoms with van der Waals surface area (Å²) < 4.78 is 31.5. The number of anilines is 1. The highest BCUT2D eigenvalue weighted by Gasteiger charge is 2.29. The van der Waals surface area contributed by atoms with Gasteiger partial charge in [-0.3, -0.25) is 0 Å². The molecule has 0 unspecified atom stereocenters. The number of rotatable bonds is 4. The molecular formula is C26H25Cl2FN4O4. The summed E-state index contributed by atoms with van der Waals surface area (Å²) in [5.74, 6) is -0.623. The molecule has 0 spiro atoms. The number of fused-ring (bicyclic) bond motifs is 1. The molecule has 0 atom stereocenters. The number of amides is 1. The average Bonchev–Trinajstić information content (AvgIpc) is 2.85. The largest absolute Gasteiger partial charge is 0.493 e. The zero-order chi connectivity index (χ0) is 26.9. The topological polar surface area (TPSA) is 87.9 Å². The summed E-state index contributed by atoms with van der Waals surface area (Å²) in [7, 11) is 1.39. The standard InChI is InChI=1S/C26H25Cl2FN4O4/c1-26(2,3)37-25(34)33-12-10-32(11-13-33)22-15-6-5-7-18(21(15)31-24(28)16(22)14-30)36-23-19(35-4)9-8-17(27)20(23)29/h5-9H,10-13H2,1-4H3. The number of carbonyl (C=O) groups is 1. The van der Waals surface area contributed by atoms with E-state index >= 15 is 0 Å². The Morgan fingerprint density at radius 1 is 1.11 bits per heavy atom. The molecule has 2 aromatic carbocycles. The van der Waals surface area contributed by atoms with E-state index in [1.54, 1.807) is 23.1 Å². The molecule has 0 N–H and O–H groups in total. The van der Waals surface area contributed by atoms with Gasteiger partial charge >= 0.3 is 6.09 Å². The molecule has 1 amide bonds. The fraction of sp³-hybridized carbons (Fsp3) is 0.346. The lowest BCUT2D eigenvalue weighted by molar-refractivity contribution is 0.0240. The van der Waals surface area contributed by atoms with Crippen molar-refractivity contribution in [1.82, 2.24) is 9.88 Å². The molecule has 1 aliphatic heterocycles. The number of nitrogens with zero attached hydrogens (tertiary/aromatic N) is 4. The van der Waals surface area contributed by atoms with E-state index in [0.29, 0.717) is 42.8 Å². The minimum Gasteiger partial charge on any atom is -0.493 e. The molecule has 0 saturated carbocycles. The first-order chi connectivity index (χ1) is 17.5. The van der Waals surface area contributed by atoms with Crippen LogP contribution in [0, 0.1) is 17.1 Å². The third kappa shape index (κ3) is 5.45. The van der Waals surface area contributed by atoms with Gasteiger partial charge < -0.3 is 24.0 Å². The first-order valence-electron chi connectivity index (χ1n) is 11.5. The van der Waals surface area contributed by atoms with E-state index in [-0.39, 0.29) is 33.0 Å². The second kappa shape index (κ2) is 10.5. The Balaban J connectivity index is 1.73. The van der Waals surface area contributed by atoms with Crippen LogP contribution in [0.1, 0.15) is 26.3 Å². The Hall–Kier alpha value is -3.48. The lowest BCUT2D eigenvalue weighted by Gasteiger charge is -2.37. The van der Waals surface area contributed by atoms with Crippen molar-refractivity contribution in [3.63, 3.8) is 0 Å². The first kappa shape index (κ1) is 26.6. The Kier molecular flexibility index (Phi) is 7.53. The number of para-hydroxylation sites is 1. The van der Waals surface area contributed by atoms with Crippen LogP contribution >= 0.6 is 23.2 Å². The van der Waals surface area contributed by atoms with Crippen LogP contribution in [-0.2, 0) is 4.74 Å². The number of benzene rings is 2. The van der Waals surface area contributed by atoms with Crippen molar-refractivity contribution >= 4 is 45.9 Å². The van der Waals surface area contributed by atoms with Gasteiger partial charge in [-0.15, -0.1) is 0 Å². The van der Waals surface area contributed by atoms with E-state index < -0.39 is 17.5 Å². The molecule has 11 heteroatoms. The van der Waals surface area contributed by atoms with Crippen LogP contribution in [0.5, 0.6) is 17.2 Å². The molecule has 194 valence electrons. The maximum absolute atomic E-state index is 14.8. The van der Waals surface area contributed by atoms with Crippen molar-refractivity contribution < 1.29 is 23.4 Å². The van der Waals surface area contributed by atoms with E-state index in [4.69, 9.17) is 37.4 Å². The van der Waals surface area contributed by atoms with Crippen LogP contribution in [-0.4, -0.2) is 54.9 Å². The van der Waals surface area contributed by atoms with Gasteiger partial charge in [-0.25, -0.2) is 14.2 Å². The number of halogens is 3. The predicted molar refractivity (Wildman–Crippen MR) is 140 cm³/mol. The second-order valence-electron chi connectivity index (χ2n) is 9.34. The van der Waals surface area contributed by atoms with Crippen molar-refractivity contribution in [1.29, 1.82) is 5.26 Å². The molecule has 1 fully saturated rings. The van der Waals surface area contributed by atoms with Gasteiger partial charge in [0, 0.05) is 31.6 Å². The van der Waals surface area contributed by atoms with Crippen molar-refractivity contribution in [3.05, 3.63) is 51.9 Å². The number of methoxy groups -OCH3 is 1. The van der Waals surface area contributed by atoms with Gasteiger partial charge in [0.2, 0.25) is 5.75 Å². The lowest BCUT2D eigenvalue weighted by Crippen LogP contribution is -2.50. The third-order valence-electron chi connectivity index (χ3n) is 5.71. The minimum atomic E-state index is -0.781. The molecule has 0 bridgehead atoms. The number of hydrogen-bond acceptors (Lipinski definition) is 7. The van der Waals surface area contributed by atoms with Gasteiger partial charge in [0.15, 0.2) is 17.3 Å². The molecule has 2 heterocycles. The zero-order valence-electron chi connectivity index (χ0n) is 20.8. The van der Waals surface area contributed by atoms with E-state index in [2.05, 4.69) is 11.1 Å². The Morgan fingerprint density at radius 2 is 1.81 bits per heavy atom. The number of hydrogen-bond donors (Lipinski definition) is 0. The van der Waals surface area contributed by atoms with E-state index in [0.717, 1.165) is 0 Å². The molecule has 0 aliphatic carbocycles. The van der Waals surface area contributed by atoms with Gasteiger partial charge in [-0.1, -0.05) is 35.3 Å². The second-order valence-corrected chi connectivity index (χ2v) is 10.1. The Bertz CT molecular complexity index is 1400. The Labute approximate surface area is 224 Å². The predicted octanol–water partition coefficient (Wildman–Crippen LogP) is 6.41. The molecule has 1 aliphatic rings. The van der Waals surface area contributed by atoms with Gasteiger partial charge in [-0.2, -0.15) is 5.26 Å². The lowest BCUT2D eigenvalue weighted by atomic mass is 10.1. The van der Waals surface area contributed by atoms with Crippen molar-refractivity contribution in [2.45, 2.75) is 26.4 Å². The van der Waals surface area contributed by atoms with Crippen LogP contribution in [0.3, 0.4) is 0 Å². The minimum absolute atomic E-state index is 0.0193. The van der Waals surface area contributed by atoms with Crippen LogP contribution in [0.15, 0.2) is 30.3 Å². The molecular weight excluding hydrogens is 522 g/mol. The van der Waals surface area contributed by atoms with Crippen LogP contribution in [0.2, 0.25) is 10.2 Å². The maximum atomic E-state index is 14.8. The summed E-state index contributed by atoms with van der Waals surface area (Å²) >= 11 is 12.4. The highest BCUT2D eigenvalue weighted by atomic mass is 35.5. The number of carbonyl (C=O) groups excluding carboxylic acids is 1. The molecule has 0 radical (unpaired) electrons. The fourth-order valence-corrected chi connectivity index (χ4v) is 4.41. The average molecular weight is 547 g/mol. The molecule has 37 heavy (non-hydrogen) atoms. The summed E-state index contributed by atoms with van der Waals surface area (Å²) in [5, 5.41) is 10.3. The first-order valence-corrected chi connectivity index (χ1v) is 12.2. The smallest absolute Gasteiger partial charge is 0.410 e. The van der Waals surface area contributed by atoms with Crippen molar-refractivity contribution in [2.24, 2.45) is 0 Å². The fourth-order valence-electron chi connectivity index (χ4n) is 4.04. The zero-order valence-corrected chi connectivity index (χ0v) is 22.3. The van der Waals surface area contributed by atoms with Crippen LogP contribution in [0.4, 0.5) is 14.9 Å². The van der Waals surface area contributed by atoms with Gasteiger partial charge in [0.05, 0.1) is 17.8 Å². The van der Waals surface area contributed by atoms with Gasteiger partial charge in [0.25, 0.3) is 0 Å². The van der Waals surface area contributed by atoms with Gasteiger partial charge in [-0.05, 0) is 39.0 Å². The number of aromatic nitrogens is 1. The summed E-state index contributed by atoms with van der Waals surface area (Å²) in [5.41, 5.74) is 0.491. The molecule has 3 aromatic rings. The highest BCUT2D eigenvalue weighted by molar-refractivity contribution is 6.32. The van der Waals surface area contributed by atoms with E-state index in [9.17, 15) is 14.4 Å². The quantitative estimate of drug-likeness (QED) is 0.349. The number of nitriles is 1. The van der Waals surface area contributed by atoms with Crippen molar-refractivity contribution in [2.75, 3.05) is 38.2 Å². The number of piperazine rings is 1. The summed E-state index contributed by atoms with van der Waals surface area (Å²) in [4.78, 5) is 20.5. The summed E-state index contributed by atoms with van der Waals surface area (Å²) in [6.07, 6.45) is -0.390. The third-order valence-corrected chi connectivity index (χ3v) is 6.28. The van der Waals surface area contributed by atoms with E-state index in [1.165, 1.54) is 19.2 Å². The molecule has 1 saturated heterocycles. The number of ether oxygens (including phenoxy) is 3. The normalized spacial score (nSPS) is 13.9. The number of pyridine rings is 1. The maximum Gasteiger partial charge on any atom is 0.410 e. The van der Waals surface area contributed by atoms with Crippen molar-refractivity contribution in [3.8, 4) is 23.3 Å². The van der Waals surface area contributed by atoms with E-state index in [1.807, 2.05) is 25.7 Å². The monoisotopic (exact) mass is 546 g/mol. The van der Waals surface area contributed by atoms with Gasteiger partial charge in [0.1, 0.15) is 27.9 Å². The SMILES string of the molecule is COc1ccc(Cl)c(F)c1Oc1cccc2c(N3CCN(C(=O)OC(C)(C)C)CC3)c(C#N)c(Cl)nc12. The van der Waals surface area contributed by atoms with Crippen LogP contribution in [0.25, 0.3) is 10.9 Å². The molecule has 4 rings (SSSR count). The summed E-state index contributed by atoms with van der Waals surface area (Å²) in [6, 6.07) is 10.1. The Morgan fingerprint density at radius 3 is 2.43 bits per heavy atom. The highest BCUT2D eigenvalue weighted by Crippen LogP contribution is 2.42. The van der Waals surface area contributed by atoms with Crippen LogP contribution < -0.4 is 14.4 Å². The molecule has 1 aromatic heterocycles. The summed E-state index contributed by atoms with van der Waals surface area (Å²) in [6.45, 7) is 7.10. The molecule has 8 nitrogen and oxygen atoms in total.